The van der Waals surface area contributed by atoms with E-state index in [9.17, 15) is 24.6 Å². The first-order valence-corrected chi connectivity index (χ1v) is 10.8. The zero-order valence-corrected chi connectivity index (χ0v) is 17.3. The van der Waals surface area contributed by atoms with Crippen LogP contribution in [0.3, 0.4) is 0 Å². The number of halogens is 1. The van der Waals surface area contributed by atoms with Crippen molar-refractivity contribution in [2.75, 3.05) is 6.61 Å². The summed E-state index contributed by atoms with van der Waals surface area (Å²) in [6.45, 7) is 0.0897. The molecule has 1 aromatic rings. The van der Waals surface area contributed by atoms with Crippen LogP contribution in [0.2, 0.25) is 0 Å². The Hall–Kier alpha value is -1.74. The number of rotatable bonds is 14. The number of carboxylic acids is 1. The van der Waals surface area contributed by atoms with E-state index >= 15 is 0 Å². The summed E-state index contributed by atoms with van der Waals surface area (Å²) in [6.07, 6.45) is 4.65. The molecule has 5 atom stereocenters. The van der Waals surface area contributed by atoms with Crippen molar-refractivity contribution in [3.05, 3.63) is 30.1 Å². The number of unbranched alkanes of at least 4 members (excludes halogenated alkanes) is 3. The van der Waals surface area contributed by atoms with Gasteiger partial charge in [-0.05, 0) is 68.2 Å². The average Bonchev–Trinajstić information content (AvgIpc) is 3.03. The number of hydrogen-bond donors (Lipinski definition) is 5. The third kappa shape index (κ3) is 8.18. The summed E-state index contributed by atoms with van der Waals surface area (Å²) in [5.74, 6) is -0.579. The van der Waals surface area contributed by atoms with E-state index in [0.717, 1.165) is 25.7 Å². The van der Waals surface area contributed by atoms with Crippen LogP contribution in [-0.2, 0) is 4.79 Å². The number of aliphatic hydroxyl groups is 2. The maximum absolute atomic E-state index is 12.9. The molecule has 5 N–H and O–H groups in total. The Bertz CT molecular complexity index is 629. The molecule has 1 saturated carbocycles. The number of carbonyl (C=O) groups is 1. The normalized spacial score (nSPS) is 24.7. The first kappa shape index (κ1) is 24.5. The van der Waals surface area contributed by atoms with Crippen LogP contribution in [0.25, 0.3) is 0 Å². The van der Waals surface area contributed by atoms with Gasteiger partial charge in [0.05, 0.1) is 12.2 Å². The van der Waals surface area contributed by atoms with Gasteiger partial charge in [0.15, 0.2) is 0 Å². The van der Waals surface area contributed by atoms with E-state index in [1.165, 1.54) is 24.3 Å². The topological polar surface area (TPSA) is 119 Å². The SMILES string of the molecule is O=C(O)CCCCCC[C@@H]1C(CC[C@@H](O)COc2ccc(F)cc2)C(NO)C[C@@H]1O. The number of hydrogen-bond acceptors (Lipinski definition) is 6. The quantitative estimate of drug-likeness (QED) is 0.229. The third-order valence-electron chi connectivity index (χ3n) is 5.99. The number of hydroxylamine groups is 1. The zero-order valence-electron chi connectivity index (χ0n) is 17.3. The summed E-state index contributed by atoms with van der Waals surface area (Å²) in [5.41, 5.74) is 2.31. The molecule has 0 aromatic heterocycles. The van der Waals surface area contributed by atoms with Gasteiger partial charge in [0.2, 0.25) is 0 Å². The van der Waals surface area contributed by atoms with E-state index in [1.54, 1.807) is 0 Å². The molecule has 2 rings (SSSR count). The first-order chi connectivity index (χ1) is 14.4. The number of aliphatic hydroxyl groups excluding tert-OH is 2. The van der Waals surface area contributed by atoms with Crippen molar-refractivity contribution >= 4 is 5.97 Å². The molecule has 0 spiro atoms. The van der Waals surface area contributed by atoms with Crippen molar-refractivity contribution < 1.29 is 34.4 Å². The highest BCUT2D eigenvalue weighted by atomic mass is 19.1. The summed E-state index contributed by atoms with van der Waals surface area (Å²) < 4.78 is 18.4. The number of nitrogens with one attached hydrogen (secondary N) is 1. The predicted octanol–water partition coefficient (Wildman–Crippen LogP) is 3.12. The summed E-state index contributed by atoms with van der Waals surface area (Å²) >= 11 is 0. The molecule has 1 fully saturated rings. The fraction of sp³-hybridized carbons (Fsp3) is 0.682. The van der Waals surface area contributed by atoms with Crippen LogP contribution in [0.5, 0.6) is 5.75 Å². The van der Waals surface area contributed by atoms with Gasteiger partial charge in [0.25, 0.3) is 0 Å². The Morgan fingerprint density at radius 1 is 1.13 bits per heavy atom. The summed E-state index contributed by atoms with van der Waals surface area (Å²) in [7, 11) is 0. The second-order valence-electron chi connectivity index (χ2n) is 8.21. The highest BCUT2D eigenvalue weighted by Crippen LogP contribution is 2.39. The summed E-state index contributed by atoms with van der Waals surface area (Å²) in [6, 6.07) is 5.39. The number of benzene rings is 1. The van der Waals surface area contributed by atoms with Gasteiger partial charge in [0.1, 0.15) is 18.2 Å². The minimum absolute atomic E-state index is 0.0272. The van der Waals surface area contributed by atoms with Crippen LogP contribution in [0.4, 0.5) is 4.39 Å². The average molecular weight is 428 g/mol. The Kier molecular flexibility index (Phi) is 10.5. The monoisotopic (exact) mass is 427 g/mol. The summed E-state index contributed by atoms with van der Waals surface area (Å²) in [5, 5.41) is 38.8. The number of ether oxygens (including phenoxy) is 1. The molecule has 30 heavy (non-hydrogen) atoms. The lowest BCUT2D eigenvalue weighted by atomic mass is 9.84. The molecule has 0 bridgehead atoms. The highest BCUT2D eigenvalue weighted by molar-refractivity contribution is 5.66. The zero-order chi connectivity index (χ0) is 21.9. The van der Waals surface area contributed by atoms with Crippen molar-refractivity contribution in [3.8, 4) is 5.75 Å². The molecular weight excluding hydrogens is 393 g/mol. The largest absolute Gasteiger partial charge is 0.491 e. The minimum atomic E-state index is -0.778. The van der Waals surface area contributed by atoms with E-state index in [2.05, 4.69) is 5.48 Å². The van der Waals surface area contributed by atoms with Gasteiger partial charge >= 0.3 is 5.97 Å². The molecule has 2 unspecified atom stereocenters. The van der Waals surface area contributed by atoms with Gasteiger partial charge in [-0.15, -0.1) is 0 Å². The van der Waals surface area contributed by atoms with Crippen LogP contribution < -0.4 is 10.2 Å². The van der Waals surface area contributed by atoms with E-state index < -0.39 is 18.2 Å². The van der Waals surface area contributed by atoms with Crippen LogP contribution in [0, 0.1) is 17.7 Å². The molecule has 0 saturated heterocycles. The van der Waals surface area contributed by atoms with Gasteiger partial charge in [-0.2, -0.15) is 0 Å². The third-order valence-corrected chi connectivity index (χ3v) is 5.99. The van der Waals surface area contributed by atoms with E-state index in [0.29, 0.717) is 31.4 Å². The second-order valence-corrected chi connectivity index (χ2v) is 8.21. The summed E-state index contributed by atoms with van der Waals surface area (Å²) in [4.78, 5) is 10.6. The minimum Gasteiger partial charge on any atom is -0.491 e. The molecule has 0 radical (unpaired) electrons. The van der Waals surface area contributed by atoms with Gasteiger partial charge in [-0.3, -0.25) is 4.79 Å². The fourth-order valence-electron chi connectivity index (χ4n) is 4.36. The smallest absolute Gasteiger partial charge is 0.303 e. The van der Waals surface area contributed by atoms with Gasteiger partial charge in [-0.1, -0.05) is 19.3 Å². The first-order valence-electron chi connectivity index (χ1n) is 10.8. The van der Waals surface area contributed by atoms with Crippen molar-refractivity contribution in [3.63, 3.8) is 0 Å². The van der Waals surface area contributed by atoms with Gasteiger partial charge in [0, 0.05) is 12.5 Å². The maximum atomic E-state index is 12.9. The molecule has 0 amide bonds. The molecule has 170 valence electrons. The van der Waals surface area contributed by atoms with Crippen molar-refractivity contribution in [2.45, 2.75) is 76.0 Å². The second kappa shape index (κ2) is 12.8. The molecule has 0 aliphatic heterocycles. The van der Waals surface area contributed by atoms with Crippen molar-refractivity contribution in [2.24, 2.45) is 11.8 Å². The van der Waals surface area contributed by atoms with Crippen molar-refractivity contribution in [1.82, 2.24) is 5.48 Å². The highest BCUT2D eigenvalue weighted by Gasteiger charge is 2.41. The molecule has 0 heterocycles. The Morgan fingerprint density at radius 2 is 1.83 bits per heavy atom. The predicted molar refractivity (Wildman–Crippen MR) is 109 cm³/mol. The maximum Gasteiger partial charge on any atom is 0.303 e. The van der Waals surface area contributed by atoms with Crippen LogP contribution in [0.1, 0.15) is 57.8 Å². The van der Waals surface area contributed by atoms with Gasteiger partial charge in [-0.25, -0.2) is 9.87 Å². The van der Waals surface area contributed by atoms with E-state index in [1.807, 2.05) is 0 Å². The molecular formula is C22H34FNO6. The Morgan fingerprint density at radius 3 is 2.50 bits per heavy atom. The Balaban J connectivity index is 1.75. The van der Waals surface area contributed by atoms with E-state index in [-0.39, 0.29) is 36.7 Å². The molecule has 1 aliphatic rings. The van der Waals surface area contributed by atoms with Gasteiger partial charge < -0.3 is 25.3 Å². The van der Waals surface area contributed by atoms with Crippen molar-refractivity contribution in [1.29, 1.82) is 0 Å². The van der Waals surface area contributed by atoms with E-state index in [4.69, 9.17) is 9.84 Å². The fourth-order valence-corrected chi connectivity index (χ4v) is 4.36. The molecule has 7 nitrogen and oxygen atoms in total. The lowest BCUT2D eigenvalue weighted by Gasteiger charge is -2.26. The van der Waals surface area contributed by atoms with Crippen LogP contribution >= 0.6 is 0 Å². The standard InChI is InChI=1S/C22H34FNO6/c23-15-7-10-17(11-8-15)30-14-16(25)9-12-18-19(21(26)13-20(18)24-29)5-3-1-2-4-6-22(27)28/h7-8,10-11,16,18-21,24-26,29H,1-6,9,12-14H2,(H,27,28)/t16-,18?,19-,20?,21+/m1/s1. The Labute approximate surface area is 176 Å². The molecule has 8 heteroatoms. The van der Waals surface area contributed by atoms with Crippen LogP contribution in [0.15, 0.2) is 24.3 Å². The van der Waals surface area contributed by atoms with Crippen LogP contribution in [-0.4, -0.2) is 51.4 Å². The number of aliphatic carboxylic acids is 1. The number of carboxylic acid groups (broad SMARTS) is 1. The lowest BCUT2D eigenvalue weighted by molar-refractivity contribution is -0.137. The molecule has 1 aliphatic carbocycles. The molecule has 1 aromatic carbocycles. The lowest BCUT2D eigenvalue weighted by Crippen LogP contribution is -2.33.